The van der Waals surface area contributed by atoms with Gasteiger partial charge in [-0.05, 0) is 37.8 Å². The molecule has 1 aliphatic heterocycles. The molecule has 16 heavy (non-hydrogen) atoms. The van der Waals surface area contributed by atoms with E-state index in [1.165, 1.54) is 12.8 Å². The molecule has 2 rings (SSSR count). The fourth-order valence-electron chi connectivity index (χ4n) is 2.20. The topological polar surface area (TPSA) is 32.3 Å². The van der Waals surface area contributed by atoms with Crippen molar-refractivity contribution < 1.29 is 5.11 Å². The molecule has 2 nitrogen and oxygen atoms in total. The van der Waals surface area contributed by atoms with Gasteiger partial charge < -0.3 is 10.4 Å². The molecule has 1 saturated heterocycles. The minimum Gasteiger partial charge on any atom is -0.388 e. The zero-order valence-corrected chi connectivity index (χ0v) is 10.5. The van der Waals surface area contributed by atoms with Crippen LogP contribution in [0.5, 0.6) is 0 Å². The van der Waals surface area contributed by atoms with E-state index in [2.05, 4.69) is 5.32 Å². The summed E-state index contributed by atoms with van der Waals surface area (Å²) in [6.07, 6.45) is 4.19. The molecular formula is C13H21NOS. The molecule has 1 aliphatic rings. The Morgan fingerprint density at radius 2 is 2.06 bits per heavy atom. The standard InChI is InChI=1S/C13H19NO.H2S/c15-13(11-5-2-1-3-6-11)9-8-12-7-4-10-14-12;/h1-3,5-6,12-15H,4,7-10H2;1H2/t12-,13?;/m0./s1. The van der Waals surface area contributed by atoms with Crippen LogP contribution >= 0.6 is 13.5 Å². The monoisotopic (exact) mass is 239 g/mol. The molecule has 0 aromatic heterocycles. The molecule has 3 heteroatoms. The van der Waals surface area contributed by atoms with Crippen molar-refractivity contribution in [2.24, 2.45) is 0 Å². The predicted octanol–water partition coefficient (Wildman–Crippen LogP) is 2.37. The summed E-state index contributed by atoms with van der Waals surface area (Å²) in [5.41, 5.74) is 1.04. The van der Waals surface area contributed by atoms with Gasteiger partial charge in [-0.15, -0.1) is 0 Å². The largest absolute Gasteiger partial charge is 0.388 e. The van der Waals surface area contributed by atoms with Crippen molar-refractivity contribution in [3.8, 4) is 0 Å². The Morgan fingerprint density at radius 1 is 1.31 bits per heavy atom. The van der Waals surface area contributed by atoms with Gasteiger partial charge in [-0.1, -0.05) is 30.3 Å². The van der Waals surface area contributed by atoms with Crippen LogP contribution in [0.4, 0.5) is 0 Å². The first-order valence-corrected chi connectivity index (χ1v) is 5.82. The number of nitrogens with one attached hydrogen (secondary N) is 1. The van der Waals surface area contributed by atoms with E-state index in [1.807, 2.05) is 30.3 Å². The Hall–Kier alpha value is -0.510. The minimum atomic E-state index is -0.298. The molecule has 0 bridgehead atoms. The second-order valence-electron chi connectivity index (χ2n) is 4.30. The highest BCUT2D eigenvalue weighted by molar-refractivity contribution is 7.59. The molecule has 1 aromatic rings. The van der Waals surface area contributed by atoms with Crippen molar-refractivity contribution in [3.63, 3.8) is 0 Å². The van der Waals surface area contributed by atoms with Gasteiger partial charge in [0.05, 0.1) is 6.10 Å². The third-order valence-corrected chi connectivity index (χ3v) is 3.14. The Labute approximate surface area is 105 Å². The quantitative estimate of drug-likeness (QED) is 0.845. The molecule has 0 radical (unpaired) electrons. The van der Waals surface area contributed by atoms with Gasteiger partial charge in [0.25, 0.3) is 0 Å². The second-order valence-corrected chi connectivity index (χ2v) is 4.30. The van der Waals surface area contributed by atoms with E-state index in [0.717, 1.165) is 24.9 Å². The summed E-state index contributed by atoms with van der Waals surface area (Å²) in [5.74, 6) is 0. The highest BCUT2D eigenvalue weighted by Crippen LogP contribution is 2.21. The van der Waals surface area contributed by atoms with Crippen LogP contribution in [0.15, 0.2) is 30.3 Å². The molecule has 1 aromatic carbocycles. The van der Waals surface area contributed by atoms with Gasteiger partial charge in [0, 0.05) is 6.04 Å². The molecule has 2 N–H and O–H groups in total. The van der Waals surface area contributed by atoms with Gasteiger partial charge in [-0.3, -0.25) is 0 Å². The van der Waals surface area contributed by atoms with E-state index in [9.17, 15) is 5.11 Å². The van der Waals surface area contributed by atoms with Gasteiger partial charge in [-0.25, -0.2) is 0 Å². The first kappa shape index (κ1) is 13.6. The average Bonchev–Trinajstić information content (AvgIpc) is 2.80. The minimum absolute atomic E-state index is 0. The fourth-order valence-corrected chi connectivity index (χ4v) is 2.20. The predicted molar refractivity (Wildman–Crippen MR) is 72.0 cm³/mol. The molecule has 0 saturated carbocycles. The Kier molecular flexibility index (Phi) is 5.88. The third-order valence-electron chi connectivity index (χ3n) is 3.14. The number of hydrogen-bond acceptors (Lipinski definition) is 2. The number of aliphatic hydroxyl groups is 1. The number of benzene rings is 1. The maximum Gasteiger partial charge on any atom is 0.0790 e. The van der Waals surface area contributed by atoms with Crippen LogP contribution in [0.2, 0.25) is 0 Å². The highest BCUT2D eigenvalue weighted by atomic mass is 32.1. The highest BCUT2D eigenvalue weighted by Gasteiger charge is 2.16. The molecular weight excluding hydrogens is 218 g/mol. The second kappa shape index (κ2) is 6.94. The molecule has 1 unspecified atom stereocenters. The van der Waals surface area contributed by atoms with E-state index >= 15 is 0 Å². The van der Waals surface area contributed by atoms with Crippen LogP contribution in [0.25, 0.3) is 0 Å². The summed E-state index contributed by atoms with van der Waals surface area (Å²) in [6, 6.07) is 10.6. The van der Waals surface area contributed by atoms with Crippen molar-refractivity contribution in [2.45, 2.75) is 37.8 Å². The summed E-state index contributed by atoms with van der Waals surface area (Å²) in [4.78, 5) is 0. The summed E-state index contributed by atoms with van der Waals surface area (Å²) >= 11 is 0. The van der Waals surface area contributed by atoms with Crippen LogP contribution in [-0.2, 0) is 0 Å². The number of aliphatic hydroxyl groups excluding tert-OH is 1. The lowest BCUT2D eigenvalue weighted by Crippen LogP contribution is -2.21. The van der Waals surface area contributed by atoms with E-state index in [0.29, 0.717) is 6.04 Å². The number of rotatable bonds is 4. The first-order chi connectivity index (χ1) is 7.36. The maximum absolute atomic E-state index is 9.95. The normalized spacial score (nSPS) is 21.4. The van der Waals surface area contributed by atoms with E-state index < -0.39 is 0 Å². The van der Waals surface area contributed by atoms with E-state index in [4.69, 9.17) is 0 Å². The van der Waals surface area contributed by atoms with E-state index in [-0.39, 0.29) is 19.6 Å². The van der Waals surface area contributed by atoms with Crippen LogP contribution in [-0.4, -0.2) is 17.7 Å². The lowest BCUT2D eigenvalue weighted by Gasteiger charge is -2.14. The summed E-state index contributed by atoms with van der Waals surface area (Å²) in [6.45, 7) is 1.14. The van der Waals surface area contributed by atoms with Crippen LogP contribution < -0.4 is 5.32 Å². The zero-order valence-electron chi connectivity index (χ0n) is 9.52. The van der Waals surface area contributed by atoms with E-state index in [1.54, 1.807) is 0 Å². The molecule has 1 fully saturated rings. The SMILES string of the molecule is OC(CC[C@@H]1CCCN1)c1ccccc1.S. The van der Waals surface area contributed by atoms with Crippen molar-refractivity contribution >= 4 is 13.5 Å². The maximum atomic E-state index is 9.95. The molecule has 1 heterocycles. The summed E-state index contributed by atoms with van der Waals surface area (Å²) in [5, 5.41) is 13.4. The Bertz CT molecular complexity index is 285. The van der Waals surface area contributed by atoms with Gasteiger partial charge in [0.1, 0.15) is 0 Å². The number of hydrogen-bond donors (Lipinski definition) is 2. The zero-order chi connectivity index (χ0) is 10.5. The molecule has 0 amide bonds. The molecule has 0 spiro atoms. The smallest absolute Gasteiger partial charge is 0.0790 e. The molecule has 90 valence electrons. The van der Waals surface area contributed by atoms with Gasteiger partial charge in [-0.2, -0.15) is 13.5 Å². The van der Waals surface area contributed by atoms with Crippen LogP contribution in [0.3, 0.4) is 0 Å². The summed E-state index contributed by atoms with van der Waals surface area (Å²) in [7, 11) is 0. The lowest BCUT2D eigenvalue weighted by molar-refractivity contribution is 0.160. The van der Waals surface area contributed by atoms with Crippen molar-refractivity contribution in [1.29, 1.82) is 0 Å². The van der Waals surface area contributed by atoms with Crippen LogP contribution in [0.1, 0.15) is 37.4 Å². The van der Waals surface area contributed by atoms with Crippen molar-refractivity contribution in [3.05, 3.63) is 35.9 Å². The molecule has 2 atom stereocenters. The average molecular weight is 239 g/mol. The first-order valence-electron chi connectivity index (χ1n) is 5.82. The van der Waals surface area contributed by atoms with Crippen molar-refractivity contribution in [1.82, 2.24) is 5.32 Å². The van der Waals surface area contributed by atoms with Crippen LogP contribution in [0, 0.1) is 0 Å². The fraction of sp³-hybridized carbons (Fsp3) is 0.538. The Morgan fingerprint density at radius 3 is 2.69 bits per heavy atom. The van der Waals surface area contributed by atoms with Gasteiger partial charge in [0.2, 0.25) is 0 Å². The Balaban J connectivity index is 0.00000128. The summed E-state index contributed by atoms with van der Waals surface area (Å²) < 4.78 is 0. The molecule has 0 aliphatic carbocycles. The van der Waals surface area contributed by atoms with Gasteiger partial charge >= 0.3 is 0 Å². The van der Waals surface area contributed by atoms with Gasteiger partial charge in [0.15, 0.2) is 0 Å². The van der Waals surface area contributed by atoms with Crippen molar-refractivity contribution in [2.75, 3.05) is 6.54 Å². The third kappa shape index (κ3) is 3.81. The lowest BCUT2D eigenvalue weighted by atomic mass is 10.0.